The van der Waals surface area contributed by atoms with E-state index in [1.54, 1.807) is 11.1 Å². The van der Waals surface area contributed by atoms with Gasteiger partial charge in [0.2, 0.25) is 0 Å². The molecule has 0 aromatic heterocycles. The van der Waals surface area contributed by atoms with Crippen LogP contribution in [0.5, 0.6) is 0 Å². The summed E-state index contributed by atoms with van der Waals surface area (Å²) in [4.78, 5) is 0. The minimum absolute atomic E-state index is 0.182. The molecule has 1 rings (SSSR count). The smallest absolute Gasteiger partial charge is 0.0508 e. The lowest BCUT2D eigenvalue weighted by atomic mass is 9.84. The van der Waals surface area contributed by atoms with Gasteiger partial charge in [-0.3, -0.25) is 0 Å². The van der Waals surface area contributed by atoms with Gasteiger partial charge in [0.1, 0.15) is 0 Å². The number of hydrogen-bond donors (Lipinski definition) is 0. The van der Waals surface area contributed by atoms with E-state index >= 15 is 0 Å². The van der Waals surface area contributed by atoms with Gasteiger partial charge in [-0.25, -0.2) is 0 Å². The third-order valence-electron chi connectivity index (χ3n) is 7.15. The Balaban J connectivity index is 2.69. The molecule has 0 fully saturated rings. The largest absolute Gasteiger partial charge is 0.0801 e. The number of unbranched alkanes of at least 4 members (excludes halogenated alkanes) is 15. The molecule has 186 valence electrons. The van der Waals surface area contributed by atoms with Crippen LogP contribution in [0.15, 0.2) is 24.3 Å². The lowest BCUT2D eigenvalue weighted by molar-refractivity contribution is 0.458. The highest BCUT2D eigenvalue weighted by molar-refractivity contribution is 9.09. The van der Waals surface area contributed by atoms with E-state index in [2.05, 4.69) is 61.0 Å². The predicted octanol–water partition coefficient (Wildman–Crippen LogP) is 11.7. The Morgan fingerprint density at radius 1 is 0.531 bits per heavy atom. The van der Waals surface area contributed by atoms with Crippen molar-refractivity contribution in [2.45, 2.75) is 160 Å². The zero-order chi connectivity index (χ0) is 23.3. The third kappa shape index (κ3) is 13.4. The average Bonchev–Trinajstić information content (AvgIpc) is 2.81. The van der Waals surface area contributed by atoms with Crippen molar-refractivity contribution >= 4 is 15.9 Å². The van der Waals surface area contributed by atoms with E-state index in [0.29, 0.717) is 0 Å². The van der Waals surface area contributed by atoms with E-state index in [4.69, 9.17) is 0 Å². The molecule has 0 unspecified atom stereocenters. The fourth-order valence-electron chi connectivity index (χ4n) is 5.04. The Bertz CT molecular complexity index is 519. The summed E-state index contributed by atoms with van der Waals surface area (Å²) in [6.07, 6.45) is 28.8. The molecule has 0 atom stereocenters. The van der Waals surface area contributed by atoms with Crippen LogP contribution in [0, 0.1) is 0 Å². The van der Waals surface area contributed by atoms with Gasteiger partial charge in [-0.2, -0.15) is 0 Å². The van der Waals surface area contributed by atoms with E-state index in [-0.39, 0.29) is 4.32 Å². The monoisotopic (exact) mass is 506 g/mol. The number of benzene rings is 1. The first-order valence-corrected chi connectivity index (χ1v) is 15.2. The summed E-state index contributed by atoms with van der Waals surface area (Å²) in [5.74, 6) is 0. The van der Waals surface area contributed by atoms with Gasteiger partial charge in [-0.15, -0.1) is 0 Å². The molecule has 0 spiro atoms. The second-order valence-electron chi connectivity index (χ2n) is 10.2. The summed E-state index contributed by atoms with van der Waals surface area (Å²) in [5.41, 5.74) is 3.22. The SMILES string of the molecule is CCCCCCCCc1ccccc1C(Br)(CCCCCCCC)CCCCCCCC. The molecule has 0 amide bonds. The molecule has 0 aliphatic heterocycles. The molecule has 0 bridgehead atoms. The van der Waals surface area contributed by atoms with Crippen molar-refractivity contribution in [2.75, 3.05) is 0 Å². The van der Waals surface area contributed by atoms with Gasteiger partial charge in [0.05, 0.1) is 4.32 Å². The molecule has 0 N–H and O–H groups in total. The molecule has 0 aliphatic carbocycles. The molecule has 0 saturated carbocycles. The summed E-state index contributed by atoms with van der Waals surface area (Å²) >= 11 is 4.35. The first-order chi connectivity index (χ1) is 15.7. The van der Waals surface area contributed by atoms with Gasteiger partial charge >= 0.3 is 0 Å². The van der Waals surface area contributed by atoms with Crippen LogP contribution in [0.25, 0.3) is 0 Å². The van der Waals surface area contributed by atoms with Crippen molar-refractivity contribution in [3.63, 3.8) is 0 Å². The first-order valence-electron chi connectivity index (χ1n) is 14.4. The number of halogens is 1. The fourth-order valence-corrected chi connectivity index (χ4v) is 5.98. The molecule has 1 aromatic rings. The molecule has 1 heteroatoms. The van der Waals surface area contributed by atoms with Crippen molar-refractivity contribution in [1.29, 1.82) is 0 Å². The number of aryl methyl sites for hydroxylation is 1. The van der Waals surface area contributed by atoms with Gasteiger partial charge in [0.15, 0.2) is 0 Å². The zero-order valence-electron chi connectivity index (χ0n) is 22.0. The van der Waals surface area contributed by atoms with Gasteiger partial charge in [0.25, 0.3) is 0 Å². The minimum atomic E-state index is 0.182. The van der Waals surface area contributed by atoms with Gasteiger partial charge < -0.3 is 0 Å². The Hall–Kier alpha value is -0.300. The summed E-state index contributed by atoms with van der Waals surface area (Å²) in [6, 6.07) is 9.40. The Labute approximate surface area is 210 Å². The topological polar surface area (TPSA) is 0 Å². The van der Waals surface area contributed by atoms with E-state index in [0.717, 1.165) is 0 Å². The van der Waals surface area contributed by atoms with E-state index < -0.39 is 0 Å². The van der Waals surface area contributed by atoms with Crippen LogP contribution in [0.3, 0.4) is 0 Å². The van der Waals surface area contributed by atoms with E-state index in [1.165, 1.54) is 135 Å². The van der Waals surface area contributed by atoms with Gasteiger partial charge in [-0.05, 0) is 36.8 Å². The lowest BCUT2D eigenvalue weighted by Gasteiger charge is -2.31. The van der Waals surface area contributed by atoms with Crippen LogP contribution < -0.4 is 0 Å². The number of rotatable bonds is 22. The molecule has 32 heavy (non-hydrogen) atoms. The van der Waals surface area contributed by atoms with Gasteiger partial charge in [-0.1, -0.05) is 170 Å². The zero-order valence-corrected chi connectivity index (χ0v) is 23.6. The van der Waals surface area contributed by atoms with Crippen molar-refractivity contribution in [1.82, 2.24) is 0 Å². The predicted molar refractivity (Wildman–Crippen MR) is 150 cm³/mol. The average molecular weight is 508 g/mol. The van der Waals surface area contributed by atoms with Crippen LogP contribution >= 0.6 is 15.9 Å². The third-order valence-corrected chi connectivity index (χ3v) is 8.37. The van der Waals surface area contributed by atoms with Crippen molar-refractivity contribution < 1.29 is 0 Å². The quantitative estimate of drug-likeness (QED) is 0.108. The van der Waals surface area contributed by atoms with Gasteiger partial charge in [0, 0.05) is 0 Å². The highest BCUT2D eigenvalue weighted by atomic mass is 79.9. The fraction of sp³-hybridized carbons (Fsp3) is 0.806. The maximum absolute atomic E-state index is 4.35. The van der Waals surface area contributed by atoms with E-state index in [9.17, 15) is 0 Å². The molecule has 0 aliphatic rings. The maximum Gasteiger partial charge on any atom is 0.0508 e. The molecular formula is C31H55Br. The molecular weight excluding hydrogens is 452 g/mol. The number of hydrogen-bond acceptors (Lipinski definition) is 0. The second-order valence-corrected chi connectivity index (χ2v) is 11.7. The highest BCUT2D eigenvalue weighted by Gasteiger charge is 2.29. The molecule has 0 heterocycles. The minimum Gasteiger partial charge on any atom is -0.0801 e. The van der Waals surface area contributed by atoms with Crippen LogP contribution in [-0.4, -0.2) is 0 Å². The standard InChI is InChI=1S/C31H55Br/c1-4-7-10-13-16-19-24-29-25-20-21-26-30(29)31(32,27-22-17-14-11-8-5-2)28-23-18-15-12-9-6-3/h20-21,25-26H,4-19,22-24,27-28H2,1-3H3. The van der Waals surface area contributed by atoms with Crippen molar-refractivity contribution in [2.24, 2.45) is 0 Å². The van der Waals surface area contributed by atoms with Crippen molar-refractivity contribution in [3.05, 3.63) is 35.4 Å². The summed E-state index contributed by atoms with van der Waals surface area (Å²) in [6.45, 7) is 6.93. The summed E-state index contributed by atoms with van der Waals surface area (Å²) in [5, 5.41) is 0. The van der Waals surface area contributed by atoms with E-state index in [1.807, 2.05) is 0 Å². The Morgan fingerprint density at radius 3 is 1.44 bits per heavy atom. The molecule has 0 nitrogen and oxygen atoms in total. The lowest BCUT2D eigenvalue weighted by Crippen LogP contribution is -2.20. The van der Waals surface area contributed by atoms with Crippen molar-refractivity contribution in [3.8, 4) is 0 Å². The first kappa shape index (κ1) is 29.7. The highest BCUT2D eigenvalue weighted by Crippen LogP contribution is 2.43. The summed E-state index contributed by atoms with van der Waals surface area (Å²) < 4.78 is 0.182. The molecule has 1 aromatic carbocycles. The van der Waals surface area contributed by atoms with Crippen LogP contribution in [0.2, 0.25) is 0 Å². The van der Waals surface area contributed by atoms with Crippen LogP contribution in [0.4, 0.5) is 0 Å². The molecule has 0 saturated heterocycles. The molecule has 0 radical (unpaired) electrons. The Morgan fingerprint density at radius 2 is 0.938 bits per heavy atom. The maximum atomic E-state index is 4.35. The van der Waals surface area contributed by atoms with Crippen LogP contribution in [-0.2, 0) is 10.7 Å². The number of alkyl halides is 1. The van der Waals surface area contributed by atoms with Crippen LogP contribution in [0.1, 0.15) is 160 Å². The summed E-state index contributed by atoms with van der Waals surface area (Å²) in [7, 11) is 0. The second kappa shape index (κ2) is 20.1. The normalized spacial score (nSPS) is 11.9. The Kier molecular flexibility index (Phi) is 18.7.